The summed E-state index contributed by atoms with van der Waals surface area (Å²) >= 11 is 2.12. The summed E-state index contributed by atoms with van der Waals surface area (Å²) in [5, 5.41) is 9.41. The molecule has 0 aliphatic heterocycles. The van der Waals surface area contributed by atoms with E-state index in [9.17, 15) is 13.9 Å². The molecule has 0 atom stereocenters. The second-order valence-corrected chi connectivity index (χ2v) is 5.79. The van der Waals surface area contributed by atoms with Crippen LogP contribution in [0.25, 0.3) is 11.2 Å². The Morgan fingerprint density at radius 2 is 1.86 bits per heavy atom. The minimum Gasteiger partial charge on any atom is -0.388 e. The molecular weight excluding hydrogens is 391 g/mol. The van der Waals surface area contributed by atoms with Crippen LogP contribution in [0.1, 0.15) is 11.4 Å². The van der Waals surface area contributed by atoms with Gasteiger partial charge in [0, 0.05) is 22.4 Å². The number of imidazole rings is 1. The van der Waals surface area contributed by atoms with E-state index in [0.29, 0.717) is 17.0 Å². The maximum atomic E-state index is 13.3. The van der Waals surface area contributed by atoms with Crippen LogP contribution in [-0.2, 0) is 13.2 Å². The molecule has 0 amide bonds. The van der Waals surface area contributed by atoms with Crippen molar-refractivity contribution in [3.05, 3.63) is 57.1 Å². The van der Waals surface area contributed by atoms with Crippen molar-refractivity contribution in [1.82, 2.24) is 14.5 Å². The van der Waals surface area contributed by atoms with Crippen LogP contribution in [0.3, 0.4) is 0 Å². The molecule has 7 heteroatoms. The number of halogens is 3. The van der Waals surface area contributed by atoms with Gasteiger partial charge >= 0.3 is 0 Å². The summed E-state index contributed by atoms with van der Waals surface area (Å²) in [6.45, 7) is -0.0619. The first-order valence-corrected chi connectivity index (χ1v) is 7.21. The van der Waals surface area contributed by atoms with Gasteiger partial charge in [0.1, 0.15) is 24.1 Å². The SMILES string of the molecule is OCc1nc2ncc(I)cc2n1Cc1cc(F)cc(F)c1. The van der Waals surface area contributed by atoms with Gasteiger partial charge in [0.25, 0.3) is 0 Å². The largest absolute Gasteiger partial charge is 0.388 e. The van der Waals surface area contributed by atoms with Gasteiger partial charge in [-0.15, -0.1) is 0 Å². The Hall–Kier alpha value is -1.61. The average Bonchev–Trinajstić information content (AvgIpc) is 2.75. The summed E-state index contributed by atoms with van der Waals surface area (Å²) in [6, 6.07) is 5.21. The number of aliphatic hydroxyl groups is 1. The van der Waals surface area contributed by atoms with Crippen LogP contribution in [0, 0.1) is 15.2 Å². The number of rotatable bonds is 3. The van der Waals surface area contributed by atoms with Crippen molar-refractivity contribution < 1.29 is 13.9 Å². The van der Waals surface area contributed by atoms with Crippen molar-refractivity contribution in [1.29, 1.82) is 0 Å². The summed E-state index contributed by atoms with van der Waals surface area (Å²) in [6.07, 6.45) is 1.67. The second-order valence-electron chi connectivity index (χ2n) is 4.55. The van der Waals surface area contributed by atoms with Crippen molar-refractivity contribution in [2.45, 2.75) is 13.2 Å². The highest BCUT2D eigenvalue weighted by Crippen LogP contribution is 2.19. The maximum absolute atomic E-state index is 13.3. The van der Waals surface area contributed by atoms with Crippen LogP contribution in [0.5, 0.6) is 0 Å². The van der Waals surface area contributed by atoms with E-state index >= 15 is 0 Å². The Labute approximate surface area is 132 Å². The molecule has 0 unspecified atom stereocenters. The minimum absolute atomic E-state index is 0.211. The molecule has 2 aromatic heterocycles. The third-order valence-electron chi connectivity index (χ3n) is 3.06. The van der Waals surface area contributed by atoms with E-state index in [0.717, 1.165) is 15.2 Å². The van der Waals surface area contributed by atoms with Crippen LogP contribution in [0.15, 0.2) is 30.5 Å². The molecule has 1 aromatic carbocycles. The Morgan fingerprint density at radius 1 is 1.14 bits per heavy atom. The lowest BCUT2D eigenvalue weighted by molar-refractivity contribution is 0.267. The number of hydrogen-bond acceptors (Lipinski definition) is 3. The minimum atomic E-state index is -0.632. The highest BCUT2D eigenvalue weighted by Gasteiger charge is 2.12. The maximum Gasteiger partial charge on any atom is 0.178 e. The number of benzene rings is 1. The van der Waals surface area contributed by atoms with E-state index in [1.165, 1.54) is 12.1 Å². The monoisotopic (exact) mass is 401 g/mol. The lowest BCUT2D eigenvalue weighted by Crippen LogP contribution is -2.06. The Balaban J connectivity index is 2.12. The summed E-state index contributed by atoms with van der Waals surface area (Å²) in [5.74, 6) is -0.857. The highest BCUT2D eigenvalue weighted by atomic mass is 127. The Morgan fingerprint density at radius 3 is 2.52 bits per heavy atom. The van der Waals surface area contributed by atoms with E-state index in [1.807, 2.05) is 6.07 Å². The number of nitrogens with zero attached hydrogens (tertiary/aromatic N) is 3. The van der Waals surface area contributed by atoms with Crippen LogP contribution in [0.2, 0.25) is 0 Å². The molecule has 0 bridgehead atoms. The van der Waals surface area contributed by atoms with Gasteiger partial charge in [-0.2, -0.15) is 0 Å². The van der Waals surface area contributed by atoms with Crippen molar-refractivity contribution in [2.24, 2.45) is 0 Å². The second kappa shape index (κ2) is 5.64. The van der Waals surface area contributed by atoms with E-state index < -0.39 is 11.6 Å². The molecule has 3 aromatic rings. The van der Waals surface area contributed by atoms with Crippen LogP contribution in [0.4, 0.5) is 8.78 Å². The fourth-order valence-corrected chi connectivity index (χ4v) is 2.64. The van der Waals surface area contributed by atoms with Crippen LogP contribution < -0.4 is 0 Å². The van der Waals surface area contributed by atoms with Gasteiger partial charge in [0.15, 0.2) is 5.65 Å². The fourth-order valence-electron chi connectivity index (χ4n) is 2.21. The third-order valence-corrected chi connectivity index (χ3v) is 3.65. The van der Waals surface area contributed by atoms with Crippen molar-refractivity contribution in [2.75, 3.05) is 0 Å². The Kier molecular flexibility index (Phi) is 3.85. The Bertz CT molecular complexity index is 799. The molecule has 0 spiro atoms. The highest BCUT2D eigenvalue weighted by molar-refractivity contribution is 14.1. The molecule has 108 valence electrons. The van der Waals surface area contributed by atoms with Gasteiger partial charge in [0.2, 0.25) is 0 Å². The van der Waals surface area contributed by atoms with Gasteiger partial charge in [-0.1, -0.05) is 0 Å². The third kappa shape index (κ3) is 2.88. The predicted octanol–water partition coefficient (Wildman–Crippen LogP) is 2.85. The number of fused-ring (bicyclic) bond motifs is 1. The summed E-state index contributed by atoms with van der Waals surface area (Å²) in [7, 11) is 0. The average molecular weight is 401 g/mol. The molecule has 0 saturated carbocycles. The molecule has 3 rings (SSSR count). The summed E-state index contributed by atoms with van der Waals surface area (Å²) < 4.78 is 29.2. The van der Waals surface area contributed by atoms with Gasteiger partial charge in [-0.05, 0) is 46.4 Å². The topological polar surface area (TPSA) is 50.9 Å². The van der Waals surface area contributed by atoms with Crippen molar-refractivity contribution >= 4 is 33.8 Å². The van der Waals surface area contributed by atoms with Crippen molar-refractivity contribution in [3.63, 3.8) is 0 Å². The molecule has 0 radical (unpaired) electrons. The van der Waals surface area contributed by atoms with Gasteiger partial charge in [0.05, 0.1) is 5.52 Å². The number of pyridine rings is 1. The first-order valence-electron chi connectivity index (χ1n) is 6.13. The molecular formula is C14H10F2IN3O. The molecule has 0 saturated heterocycles. The van der Waals surface area contributed by atoms with Gasteiger partial charge in [-0.25, -0.2) is 18.7 Å². The first kappa shape index (κ1) is 14.3. The van der Waals surface area contributed by atoms with Crippen molar-refractivity contribution in [3.8, 4) is 0 Å². The van der Waals surface area contributed by atoms with E-state index in [4.69, 9.17) is 0 Å². The predicted molar refractivity (Wildman–Crippen MR) is 81.6 cm³/mol. The quantitative estimate of drug-likeness (QED) is 0.687. The molecule has 4 nitrogen and oxygen atoms in total. The first-order chi connectivity index (χ1) is 10.1. The number of aliphatic hydroxyl groups excluding tert-OH is 1. The molecule has 0 aliphatic carbocycles. The van der Waals surface area contributed by atoms with E-state index in [-0.39, 0.29) is 13.2 Å². The molecule has 1 N–H and O–H groups in total. The fraction of sp³-hybridized carbons (Fsp3) is 0.143. The molecule has 0 aliphatic rings. The van der Waals surface area contributed by atoms with Gasteiger partial charge < -0.3 is 9.67 Å². The van der Waals surface area contributed by atoms with Gasteiger partial charge in [-0.3, -0.25) is 0 Å². The van der Waals surface area contributed by atoms with E-state index in [1.54, 1.807) is 10.8 Å². The molecule has 0 fully saturated rings. The van der Waals surface area contributed by atoms with E-state index in [2.05, 4.69) is 32.6 Å². The number of aromatic nitrogens is 3. The zero-order valence-corrected chi connectivity index (χ0v) is 12.9. The standard InChI is InChI=1S/C14H10F2IN3O/c15-9-1-8(2-10(16)3-9)6-20-12-4-11(17)5-18-14(12)19-13(20)7-21/h1-5,21H,6-7H2. The lowest BCUT2D eigenvalue weighted by Gasteiger charge is -2.08. The normalized spacial score (nSPS) is 11.2. The van der Waals surface area contributed by atoms with Crippen LogP contribution in [-0.4, -0.2) is 19.6 Å². The lowest BCUT2D eigenvalue weighted by atomic mass is 10.2. The summed E-state index contributed by atoms with van der Waals surface area (Å²) in [4.78, 5) is 8.41. The zero-order chi connectivity index (χ0) is 15.0. The zero-order valence-electron chi connectivity index (χ0n) is 10.7. The number of hydrogen-bond donors (Lipinski definition) is 1. The molecule has 2 heterocycles. The molecule has 21 heavy (non-hydrogen) atoms. The summed E-state index contributed by atoms with van der Waals surface area (Å²) in [5.41, 5.74) is 1.67. The van der Waals surface area contributed by atoms with Crippen LogP contribution >= 0.6 is 22.6 Å². The smallest absolute Gasteiger partial charge is 0.178 e.